The number of halogens is 1. The van der Waals surface area contributed by atoms with Crippen molar-refractivity contribution in [3.05, 3.63) is 54.1 Å². The van der Waals surface area contributed by atoms with Gasteiger partial charge in [0.1, 0.15) is 5.75 Å². The van der Waals surface area contributed by atoms with Crippen LogP contribution in [0.4, 0.5) is 11.4 Å². The lowest BCUT2D eigenvalue weighted by Crippen LogP contribution is -2.43. The fourth-order valence-corrected chi connectivity index (χ4v) is 3.53. The van der Waals surface area contributed by atoms with E-state index in [9.17, 15) is 4.79 Å². The van der Waals surface area contributed by atoms with Crippen LogP contribution in [-0.4, -0.2) is 18.1 Å². The number of anilines is 2. The highest BCUT2D eigenvalue weighted by atomic mass is 35.5. The second-order valence-corrected chi connectivity index (χ2v) is 6.92. The van der Waals surface area contributed by atoms with Gasteiger partial charge in [0.15, 0.2) is 0 Å². The minimum absolute atomic E-state index is 0. The van der Waals surface area contributed by atoms with Crippen molar-refractivity contribution in [2.45, 2.75) is 52.3 Å². The third-order valence-corrected chi connectivity index (χ3v) is 4.50. The molecule has 1 amide bonds. The molecule has 2 aromatic rings. The van der Waals surface area contributed by atoms with Crippen LogP contribution in [0.5, 0.6) is 5.75 Å². The van der Waals surface area contributed by atoms with E-state index in [2.05, 4.69) is 18.3 Å². The maximum atomic E-state index is 12.1. The molecule has 140 valence electrons. The summed E-state index contributed by atoms with van der Waals surface area (Å²) in [5.41, 5.74) is 3.23. The van der Waals surface area contributed by atoms with Crippen LogP contribution in [0.25, 0.3) is 0 Å². The number of para-hydroxylation sites is 1. The maximum Gasteiger partial charge on any atom is 0.224 e. The van der Waals surface area contributed by atoms with Gasteiger partial charge < -0.3 is 15.0 Å². The summed E-state index contributed by atoms with van der Waals surface area (Å²) in [7, 11) is 0. The van der Waals surface area contributed by atoms with Crippen LogP contribution in [-0.2, 0) is 4.79 Å². The normalized spacial score (nSPS) is 18.7. The number of hydrogen-bond acceptors (Lipinski definition) is 3. The second-order valence-electron chi connectivity index (χ2n) is 6.92. The molecule has 0 bridgehead atoms. The Hall–Kier alpha value is -2.20. The van der Waals surface area contributed by atoms with Gasteiger partial charge in [0.05, 0.1) is 12.1 Å². The van der Waals surface area contributed by atoms with Crippen molar-refractivity contribution in [2.75, 3.05) is 10.2 Å². The highest BCUT2D eigenvalue weighted by Gasteiger charge is 2.31. The van der Waals surface area contributed by atoms with Crippen molar-refractivity contribution in [1.82, 2.24) is 0 Å². The first-order chi connectivity index (χ1) is 12.0. The zero-order chi connectivity index (χ0) is 18.0. The SMILES string of the molecule is CC(=O)N1c2ccccc2[C@H](Nc2ccc(OC(C)C)cc2)C[C@@H]1C.Cl. The van der Waals surface area contributed by atoms with E-state index in [-0.39, 0.29) is 36.5 Å². The molecule has 1 aliphatic rings. The molecule has 0 radical (unpaired) electrons. The van der Waals surface area contributed by atoms with E-state index in [4.69, 9.17) is 4.74 Å². The van der Waals surface area contributed by atoms with Crippen LogP contribution < -0.4 is 15.0 Å². The molecule has 4 nitrogen and oxygen atoms in total. The van der Waals surface area contributed by atoms with Crippen LogP contribution in [0.15, 0.2) is 48.5 Å². The Morgan fingerprint density at radius 2 is 1.81 bits per heavy atom. The summed E-state index contributed by atoms with van der Waals surface area (Å²) in [6.45, 7) is 7.78. The summed E-state index contributed by atoms with van der Waals surface area (Å²) in [6, 6.07) is 16.6. The number of ether oxygens (including phenoxy) is 1. The van der Waals surface area contributed by atoms with E-state index in [0.29, 0.717) is 0 Å². The largest absolute Gasteiger partial charge is 0.491 e. The number of nitrogens with zero attached hydrogens (tertiary/aromatic N) is 1. The summed E-state index contributed by atoms with van der Waals surface area (Å²) >= 11 is 0. The third-order valence-electron chi connectivity index (χ3n) is 4.50. The van der Waals surface area contributed by atoms with Crippen molar-refractivity contribution in [3.8, 4) is 5.75 Å². The lowest BCUT2D eigenvalue weighted by molar-refractivity contribution is -0.117. The predicted octanol–water partition coefficient (Wildman–Crippen LogP) is 5.19. The second kappa shape index (κ2) is 8.45. The fraction of sp³-hybridized carbons (Fsp3) is 0.381. The summed E-state index contributed by atoms with van der Waals surface area (Å²) in [5.74, 6) is 0.967. The van der Waals surface area contributed by atoms with Crippen LogP contribution in [0.3, 0.4) is 0 Å². The zero-order valence-corrected chi connectivity index (χ0v) is 16.5. The average Bonchev–Trinajstić information content (AvgIpc) is 2.56. The van der Waals surface area contributed by atoms with Crippen LogP contribution in [0.2, 0.25) is 0 Å². The molecule has 2 atom stereocenters. The third kappa shape index (κ3) is 4.31. The van der Waals surface area contributed by atoms with Crippen molar-refractivity contribution < 1.29 is 9.53 Å². The van der Waals surface area contributed by atoms with Gasteiger partial charge in [-0.05, 0) is 63.1 Å². The number of rotatable bonds is 4. The molecule has 2 aromatic carbocycles. The van der Waals surface area contributed by atoms with Gasteiger partial charge in [0, 0.05) is 24.3 Å². The molecular formula is C21H27ClN2O2. The van der Waals surface area contributed by atoms with Gasteiger partial charge in [-0.25, -0.2) is 0 Å². The first-order valence-electron chi connectivity index (χ1n) is 8.87. The minimum atomic E-state index is 0. The van der Waals surface area contributed by atoms with Gasteiger partial charge in [-0.15, -0.1) is 12.4 Å². The number of hydrogen-bond donors (Lipinski definition) is 1. The number of benzene rings is 2. The van der Waals surface area contributed by atoms with Gasteiger partial charge in [-0.1, -0.05) is 18.2 Å². The molecule has 1 aliphatic heterocycles. The van der Waals surface area contributed by atoms with Crippen LogP contribution >= 0.6 is 12.4 Å². The van der Waals surface area contributed by atoms with E-state index in [0.717, 1.165) is 23.5 Å². The van der Waals surface area contributed by atoms with Gasteiger partial charge in [-0.3, -0.25) is 4.79 Å². The first-order valence-corrected chi connectivity index (χ1v) is 8.87. The van der Waals surface area contributed by atoms with Crippen molar-refractivity contribution in [1.29, 1.82) is 0 Å². The number of fused-ring (bicyclic) bond motifs is 1. The number of nitrogens with one attached hydrogen (secondary N) is 1. The van der Waals surface area contributed by atoms with Crippen LogP contribution in [0, 0.1) is 0 Å². The van der Waals surface area contributed by atoms with E-state index in [1.54, 1.807) is 6.92 Å². The Kier molecular flexibility index (Phi) is 6.54. The van der Waals surface area contributed by atoms with Gasteiger partial charge in [0.25, 0.3) is 0 Å². The standard InChI is InChI=1S/C21H26N2O2.ClH/c1-14(2)25-18-11-9-17(10-12-18)22-20-13-15(3)23(16(4)24)21-8-6-5-7-19(20)21;/h5-12,14-15,20,22H,13H2,1-4H3;1H/t15-,20+;/m0./s1. The van der Waals surface area contributed by atoms with Gasteiger partial charge in [-0.2, -0.15) is 0 Å². The monoisotopic (exact) mass is 374 g/mol. The highest BCUT2D eigenvalue weighted by molar-refractivity contribution is 5.93. The van der Waals surface area contributed by atoms with E-state index >= 15 is 0 Å². The molecule has 0 aromatic heterocycles. The Bertz CT molecular complexity index is 746. The fourth-order valence-electron chi connectivity index (χ4n) is 3.53. The van der Waals surface area contributed by atoms with E-state index < -0.39 is 0 Å². The molecule has 0 saturated carbocycles. The smallest absolute Gasteiger partial charge is 0.224 e. The molecule has 0 aliphatic carbocycles. The van der Waals surface area contributed by atoms with E-state index in [1.807, 2.05) is 61.2 Å². The molecule has 0 spiro atoms. The number of carbonyl (C=O) groups excluding carboxylic acids is 1. The first kappa shape index (κ1) is 20.1. The molecule has 0 fully saturated rings. The molecule has 0 unspecified atom stereocenters. The Balaban J connectivity index is 0.00000243. The number of amides is 1. The van der Waals surface area contributed by atoms with Gasteiger partial charge in [0.2, 0.25) is 5.91 Å². The summed E-state index contributed by atoms with van der Waals surface area (Å²) in [6.07, 6.45) is 1.04. The predicted molar refractivity (Wildman–Crippen MR) is 109 cm³/mol. The molecular weight excluding hydrogens is 348 g/mol. The summed E-state index contributed by atoms with van der Waals surface area (Å²) < 4.78 is 5.70. The average molecular weight is 375 g/mol. The Morgan fingerprint density at radius 1 is 1.15 bits per heavy atom. The Morgan fingerprint density at radius 3 is 2.42 bits per heavy atom. The summed E-state index contributed by atoms with van der Waals surface area (Å²) in [5, 5.41) is 3.61. The van der Waals surface area contributed by atoms with Crippen molar-refractivity contribution in [3.63, 3.8) is 0 Å². The Labute approximate surface area is 162 Å². The minimum Gasteiger partial charge on any atom is -0.491 e. The van der Waals surface area contributed by atoms with Crippen molar-refractivity contribution >= 4 is 29.7 Å². The molecule has 5 heteroatoms. The topological polar surface area (TPSA) is 41.6 Å². The number of carbonyl (C=O) groups is 1. The quantitative estimate of drug-likeness (QED) is 0.800. The van der Waals surface area contributed by atoms with E-state index in [1.165, 1.54) is 5.56 Å². The summed E-state index contributed by atoms with van der Waals surface area (Å²) in [4.78, 5) is 13.9. The lowest BCUT2D eigenvalue weighted by Gasteiger charge is -2.39. The molecule has 0 saturated heterocycles. The maximum absolute atomic E-state index is 12.1. The van der Waals surface area contributed by atoms with Crippen molar-refractivity contribution in [2.24, 2.45) is 0 Å². The molecule has 1 heterocycles. The molecule has 3 rings (SSSR count). The van der Waals surface area contributed by atoms with Crippen LogP contribution in [0.1, 0.15) is 45.7 Å². The molecule has 1 N–H and O–H groups in total. The van der Waals surface area contributed by atoms with Gasteiger partial charge >= 0.3 is 0 Å². The molecule has 26 heavy (non-hydrogen) atoms. The highest BCUT2D eigenvalue weighted by Crippen LogP contribution is 2.38. The lowest BCUT2D eigenvalue weighted by atomic mass is 9.91. The zero-order valence-electron chi connectivity index (χ0n) is 15.7.